The maximum atomic E-state index is 5.55. The average Bonchev–Trinajstić information content (AvgIpc) is 2.38. The van der Waals surface area contributed by atoms with Crippen molar-refractivity contribution in [2.45, 2.75) is 6.42 Å². The molecule has 0 bridgehead atoms. The summed E-state index contributed by atoms with van der Waals surface area (Å²) in [5.41, 5.74) is 6.47. The van der Waals surface area contributed by atoms with E-state index >= 15 is 0 Å². The molecule has 1 aromatic carbocycles. The number of hydrogen-bond acceptors (Lipinski definition) is 4. The first kappa shape index (κ1) is 11.8. The van der Waals surface area contributed by atoms with E-state index in [9.17, 15) is 0 Å². The molecule has 92 valence electrons. The third-order valence-electron chi connectivity index (χ3n) is 2.49. The summed E-state index contributed by atoms with van der Waals surface area (Å²) < 4.78 is 16.4. The van der Waals surface area contributed by atoms with Crippen LogP contribution in [0, 0.1) is 0 Å². The molecule has 0 radical (unpaired) electrons. The number of nitrogens with two attached hydrogens (primary N) is 1. The van der Waals surface area contributed by atoms with E-state index < -0.39 is 0 Å². The van der Waals surface area contributed by atoms with Crippen LogP contribution in [0.4, 0.5) is 0 Å². The molecule has 1 aliphatic rings. The molecule has 0 saturated heterocycles. The van der Waals surface area contributed by atoms with Crippen LogP contribution in [0.25, 0.3) is 6.08 Å². The molecular formula is C13H17NO3. The van der Waals surface area contributed by atoms with Crippen molar-refractivity contribution in [3.8, 4) is 17.2 Å². The Kier molecular flexibility index (Phi) is 3.88. The minimum Gasteiger partial charge on any atom is -0.493 e. The van der Waals surface area contributed by atoms with E-state index in [2.05, 4.69) is 0 Å². The van der Waals surface area contributed by atoms with Gasteiger partial charge in [-0.2, -0.15) is 0 Å². The molecule has 1 heterocycles. The second-order valence-corrected chi connectivity index (χ2v) is 3.73. The predicted molar refractivity (Wildman–Crippen MR) is 66.7 cm³/mol. The van der Waals surface area contributed by atoms with Crippen molar-refractivity contribution in [1.29, 1.82) is 0 Å². The van der Waals surface area contributed by atoms with E-state index in [0.717, 1.165) is 17.7 Å². The van der Waals surface area contributed by atoms with Gasteiger partial charge < -0.3 is 19.9 Å². The van der Waals surface area contributed by atoms with Crippen molar-refractivity contribution in [2.24, 2.45) is 5.73 Å². The second kappa shape index (κ2) is 5.59. The zero-order valence-electron chi connectivity index (χ0n) is 9.94. The highest BCUT2D eigenvalue weighted by Crippen LogP contribution is 2.40. The van der Waals surface area contributed by atoms with Crippen molar-refractivity contribution in [3.63, 3.8) is 0 Å². The largest absolute Gasteiger partial charge is 0.493 e. The van der Waals surface area contributed by atoms with E-state index in [1.165, 1.54) is 0 Å². The molecule has 1 aromatic rings. The molecule has 0 spiro atoms. The Morgan fingerprint density at radius 2 is 2.18 bits per heavy atom. The molecule has 0 aromatic heterocycles. The van der Waals surface area contributed by atoms with Crippen molar-refractivity contribution in [2.75, 3.05) is 26.9 Å². The molecular weight excluding hydrogens is 218 g/mol. The van der Waals surface area contributed by atoms with E-state index in [-0.39, 0.29) is 0 Å². The normalized spacial score (nSPS) is 14.0. The van der Waals surface area contributed by atoms with Crippen LogP contribution in [0.3, 0.4) is 0 Å². The SMILES string of the molecule is COc1cc(C=CCCN)cc2c1OCCO2. The Bertz CT molecular complexity index is 398. The third kappa shape index (κ3) is 2.71. The van der Waals surface area contributed by atoms with E-state index in [1.807, 2.05) is 24.3 Å². The number of hydrogen-bond donors (Lipinski definition) is 1. The van der Waals surface area contributed by atoms with Gasteiger partial charge in [-0.25, -0.2) is 0 Å². The van der Waals surface area contributed by atoms with Gasteiger partial charge in [-0.15, -0.1) is 0 Å². The zero-order valence-corrected chi connectivity index (χ0v) is 9.94. The first-order valence-corrected chi connectivity index (χ1v) is 5.69. The third-order valence-corrected chi connectivity index (χ3v) is 2.49. The predicted octanol–water partition coefficient (Wildman–Crippen LogP) is 1.83. The van der Waals surface area contributed by atoms with Gasteiger partial charge in [0.2, 0.25) is 5.75 Å². The maximum absolute atomic E-state index is 5.55. The Labute approximate surface area is 101 Å². The van der Waals surface area contributed by atoms with Crippen LogP contribution in [0.1, 0.15) is 12.0 Å². The van der Waals surface area contributed by atoms with Crippen LogP contribution in [-0.4, -0.2) is 26.9 Å². The van der Waals surface area contributed by atoms with Gasteiger partial charge in [0.15, 0.2) is 11.5 Å². The van der Waals surface area contributed by atoms with Crippen LogP contribution < -0.4 is 19.9 Å². The van der Waals surface area contributed by atoms with Gasteiger partial charge in [0.25, 0.3) is 0 Å². The highest BCUT2D eigenvalue weighted by Gasteiger charge is 2.17. The minimum atomic E-state index is 0.561. The fourth-order valence-electron chi connectivity index (χ4n) is 1.71. The summed E-state index contributed by atoms with van der Waals surface area (Å²) in [7, 11) is 1.63. The molecule has 2 N–H and O–H groups in total. The molecule has 0 atom stereocenters. The van der Waals surface area contributed by atoms with Gasteiger partial charge in [0.05, 0.1) is 7.11 Å². The standard InChI is InChI=1S/C13H17NO3/c1-15-11-8-10(4-2-3-5-14)9-12-13(11)17-7-6-16-12/h2,4,8-9H,3,5-7,14H2,1H3. The van der Waals surface area contributed by atoms with Crippen molar-refractivity contribution in [1.82, 2.24) is 0 Å². The number of rotatable bonds is 4. The molecule has 4 nitrogen and oxygen atoms in total. The summed E-state index contributed by atoms with van der Waals surface area (Å²) in [6.07, 6.45) is 4.90. The highest BCUT2D eigenvalue weighted by molar-refractivity contribution is 5.62. The van der Waals surface area contributed by atoms with E-state index in [1.54, 1.807) is 7.11 Å². The van der Waals surface area contributed by atoms with Crippen LogP contribution >= 0.6 is 0 Å². The molecule has 0 fully saturated rings. The monoisotopic (exact) mass is 235 g/mol. The summed E-state index contributed by atoms with van der Waals surface area (Å²) in [5.74, 6) is 2.13. The maximum Gasteiger partial charge on any atom is 0.203 e. The van der Waals surface area contributed by atoms with Gasteiger partial charge in [-0.1, -0.05) is 12.2 Å². The van der Waals surface area contributed by atoms with Crippen molar-refractivity contribution in [3.05, 3.63) is 23.8 Å². The molecule has 0 unspecified atom stereocenters. The topological polar surface area (TPSA) is 53.7 Å². The fourth-order valence-corrected chi connectivity index (χ4v) is 1.71. The summed E-state index contributed by atoms with van der Waals surface area (Å²) >= 11 is 0. The first-order chi connectivity index (χ1) is 8.35. The lowest BCUT2D eigenvalue weighted by Crippen LogP contribution is -2.16. The molecule has 1 aliphatic heterocycles. The molecule has 17 heavy (non-hydrogen) atoms. The second-order valence-electron chi connectivity index (χ2n) is 3.73. The molecule has 0 saturated carbocycles. The quantitative estimate of drug-likeness (QED) is 0.865. The van der Waals surface area contributed by atoms with Crippen LogP contribution in [0.15, 0.2) is 18.2 Å². The summed E-state index contributed by atoms with van der Waals surface area (Å²) in [4.78, 5) is 0. The number of ether oxygens (including phenoxy) is 3. The van der Waals surface area contributed by atoms with Crippen LogP contribution in [0.2, 0.25) is 0 Å². The Morgan fingerprint density at radius 1 is 1.35 bits per heavy atom. The van der Waals surface area contributed by atoms with Crippen molar-refractivity contribution >= 4 is 6.08 Å². The summed E-state index contributed by atoms with van der Waals surface area (Å²) in [5, 5.41) is 0. The molecule has 2 rings (SSSR count). The number of benzene rings is 1. The smallest absolute Gasteiger partial charge is 0.203 e. The van der Waals surface area contributed by atoms with Gasteiger partial charge >= 0.3 is 0 Å². The lowest BCUT2D eigenvalue weighted by molar-refractivity contribution is 0.165. The van der Waals surface area contributed by atoms with Gasteiger partial charge in [0, 0.05) is 0 Å². The lowest BCUT2D eigenvalue weighted by Gasteiger charge is -2.20. The van der Waals surface area contributed by atoms with Gasteiger partial charge in [0.1, 0.15) is 13.2 Å². The van der Waals surface area contributed by atoms with Gasteiger partial charge in [-0.3, -0.25) is 0 Å². The van der Waals surface area contributed by atoms with Crippen molar-refractivity contribution < 1.29 is 14.2 Å². The Morgan fingerprint density at radius 3 is 2.94 bits per heavy atom. The molecule has 0 amide bonds. The molecule has 4 heteroatoms. The van der Waals surface area contributed by atoms with Gasteiger partial charge in [-0.05, 0) is 30.7 Å². The summed E-state index contributed by atoms with van der Waals surface area (Å²) in [6.45, 7) is 1.79. The minimum absolute atomic E-state index is 0.561. The van der Waals surface area contributed by atoms with Crippen LogP contribution in [0.5, 0.6) is 17.2 Å². The Balaban J connectivity index is 2.29. The zero-order chi connectivity index (χ0) is 12.1. The van der Waals surface area contributed by atoms with E-state index in [0.29, 0.717) is 31.3 Å². The van der Waals surface area contributed by atoms with E-state index in [4.69, 9.17) is 19.9 Å². The summed E-state index contributed by atoms with van der Waals surface area (Å²) in [6, 6.07) is 3.88. The number of methoxy groups -OCH3 is 1. The Hall–Kier alpha value is -1.68. The molecule has 0 aliphatic carbocycles. The van der Waals surface area contributed by atoms with Crippen LogP contribution in [-0.2, 0) is 0 Å². The highest BCUT2D eigenvalue weighted by atomic mass is 16.6. The first-order valence-electron chi connectivity index (χ1n) is 5.69. The average molecular weight is 235 g/mol. The lowest BCUT2D eigenvalue weighted by atomic mass is 10.1. The number of fused-ring (bicyclic) bond motifs is 1. The fraction of sp³-hybridized carbons (Fsp3) is 0.385.